The van der Waals surface area contributed by atoms with Crippen molar-refractivity contribution in [3.63, 3.8) is 0 Å². The summed E-state index contributed by atoms with van der Waals surface area (Å²) in [6.45, 7) is 13.8. The fourth-order valence-corrected chi connectivity index (χ4v) is 4.07. The molecule has 30 heavy (non-hydrogen) atoms. The molecule has 0 saturated carbocycles. The van der Waals surface area contributed by atoms with Gasteiger partial charge in [0.2, 0.25) is 0 Å². The molecule has 4 rings (SSSR count). The van der Waals surface area contributed by atoms with E-state index in [0.29, 0.717) is 0 Å². The van der Waals surface area contributed by atoms with Crippen molar-refractivity contribution in [2.75, 3.05) is 6.54 Å². The summed E-state index contributed by atoms with van der Waals surface area (Å²) in [6.07, 6.45) is 4.49. The third kappa shape index (κ3) is 3.71. The van der Waals surface area contributed by atoms with Gasteiger partial charge >= 0.3 is 0 Å². The first kappa shape index (κ1) is 19.8. The van der Waals surface area contributed by atoms with Gasteiger partial charge < -0.3 is 15.3 Å². The predicted octanol–water partition coefficient (Wildman–Crippen LogP) is 5.07. The quantitative estimate of drug-likeness (QED) is 0.376. The van der Waals surface area contributed by atoms with Crippen molar-refractivity contribution in [1.82, 2.24) is 15.3 Å². The van der Waals surface area contributed by atoms with Crippen molar-refractivity contribution in [2.24, 2.45) is 0 Å². The van der Waals surface area contributed by atoms with Gasteiger partial charge in [-0.2, -0.15) is 0 Å². The number of unbranched alkanes of at least 4 members (excludes halogenated alkanes) is 1. The van der Waals surface area contributed by atoms with Crippen LogP contribution >= 0.6 is 0 Å². The molecule has 0 radical (unpaired) electrons. The van der Waals surface area contributed by atoms with Gasteiger partial charge in [-0.05, 0) is 31.1 Å². The number of benzene rings is 2. The Morgan fingerprint density at radius 3 is 2.53 bits per heavy atom. The van der Waals surface area contributed by atoms with Crippen molar-refractivity contribution in [1.29, 1.82) is 0 Å². The second-order valence-electron chi connectivity index (χ2n) is 7.75. The van der Waals surface area contributed by atoms with E-state index in [9.17, 15) is 0 Å². The number of hydrogen-bond acceptors (Lipinski definition) is 1. The Labute approximate surface area is 177 Å². The first-order valence-electron chi connectivity index (χ1n) is 10.6. The van der Waals surface area contributed by atoms with Gasteiger partial charge in [-0.15, -0.1) is 0 Å². The van der Waals surface area contributed by atoms with Crippen LogP contribution in [0.4, 0.5) is 0 Å². The molecule has 152 valence electrons. The second-order valence-corrected chi connectivity index (χ2v) is 7.75. The number of H-pyrrole nitrogens is 2. The number of aromatic nitrogens is 2. The van der Waals surface area contributed by atoms with E-state index in [1.165, 1.54) is 16.5 Å². The fourth-order valence-electron chi connectivity index (χ4n) is 4.07. The smallest absolute Gasteiger partial charge is 0.0476 e. The van der Waals surface area contributed by atoms with E-state index in [2.05, 4.69) is 90.8 Å². The molecule has 3 nitrogen and oxygen atoms in total. The molecule has 0 aliphatic heterocycles. The highest BCUT2D eigenvalue weighted by Crippen LogP contribution is 2.34. The topological polar surface area (TPSA) is 43.6 Å². The molecule has 0 bridgehead atoms. The van der Waals surface area contributed by atoms with Gasteiger partial charge in [0.1, 0.15) is 0 Å². The van der Waals surface area contributed by atoms with E-state index in [-0.39, 0.29) is 0 Å². The van der Waals surface area contributed by atoms with Crippen molar-refractivity contribution in [2.45, 2.75) is 26.7 Å². The number of aryl methyl sites for hydroxylation is 1. The van der Waals surface area contributed by atoms with E-state index in [0.717, 1.165) is 58.1 Å². The summed E-state index contributed by atoms with van der Waals surface area (Å²) >= 11 is 0. The normalized spacial score (nSPS) is 11.9. The Morgan fingerprint density at radius 2 is 1.77 bits per heavy atom. The maximum absolute atomic E-state index is 4.36. The van der Waals surface area contributed by atoms with Crippen LogP contribution in [-0.2, 0) is 0 Å². The molecule has 2 heterocycles. The van der Waals surface area contributed by atoms with Gasteiger partial charge in [-0.25, -0.2) is 0 Å². The molecule has 3 heteroatoms. The summed E-state index contributed by atoms with van der Waals surface area (Å²) in [5.41, 5.74) is 7.74. The Bertz CT molecular complexity index is 1290. The van der Waals surface area contributed by atoms with Crippen LogP contribution in [0, 0.1) is 6.92 Å². The molecule has 2 aromatic carbocycles. The van der Waals surface area contributed by atoms with Gasteiger partial charge in [0.05, 0.1) is 0 Å². The Morgan fingerprint density at radius 1 is 1.03 bits per heavy atom. The average Bonchev–Trinajstić information content (AvgIpc) is 3.25. The Hall–Kier alpha value is -3.46. The minimum absolute atomic E-state index is 0.920. The second kappa shape index (κ2) is 8.50. The zero-order valence-corrected chi connectivity index (χ0v) is 17.8. The minimum Gasteiger partial charge on any atom is -0.385 e. The molecule has 3 N–H and O–H groups in total. The van der Waals surface area contributed by atoms with Crippen molar-refractivity contribution < 1.29 is 0 Å². The number of aromatic amines is 2. The third-order valence-corrected chi connectivity index (χ3v) is 5.57. The largest absolute Gasteiger partial charge is 0.385 e. The molecule has 0 aliphatic carbocycles. The highest BCUT2D eigenvalue weighted by molar-refractivity contribution is 5.89. The Kier molecular flexibility index (Phi) is 5.62. The first-order chi connectivity index (χ1) is 14.6. The molecule has 0 fully saturated rings. The van der Waals surface area contributed by atoms with E-state index in [1.807, 2.05) is 12.1 Å². The van der Waals surface area contributed by atoms with Crippen LogP contribution in [0.15, 0.2) is 61.2 Å². The van der Waals surface area contributed by atoms with Crippen LogP contribution in [0.3, 0.4) is 0 Å². The van der Waals surface area contributed by atoms with Gasteiger partial charge in [-0.1, -0.05) is 75.0 Å². The lowest BCUT2D eigenvalue weighted by Gasteiger charge is -2.12. The summed E-state index contributed by atoms with van der Waals surface area (Å²) in [5.74, 6) is 0. The molecule has 0 unspecified atom stereocenters. The number of fused-ring (bicyclic) bond motifs is 1. The summed E-state index contributed by atoms with van der Waals surface area (Å²) in [4.78, 5) is 7.01. The lowest BCUT2D eigenvalue weighted by atomic mass is 9.97. The van der Waals surface area contributed by atoms with Gasteiger partial charge in [-0.3, -0.25) is 0 Å². The molecule has 2 aromatic heterocycles. The number of nitrogens with one attached hydrogen (secondary N) is 3. The molecule has 0 aliphatic rings. The van der Waals surface area contributed by atoms with Crippen molar-refractivity contribution >= 4 is 29.3 Å². The number of para-hydroxylation sites is 1. The van der Waals surface area contributed by atoms with Gasteiger partial charge in [0.25, 0.3) is 0 Å². The maximum atomic E-state index is 4.36. The maximum Gasteiger partial charge on any atom is 0.0476 e. The van der Waals surface area contributed by atoms with Crippen molar-refractivity contribution in [3.8, 4) is 11.1 Å². The molecular weight excluding hydrogens is 366 g/mol. The Balaban J connectivity index is 1.92. The van der Waals surface area contributed by atoms with Crippen LogP contribution in [0.25, 0.3) is 40.4 Å². The van der Waals surface area contributed by atoms with Crippen LogP contribution in [0.2, 0.25) is 0 Å². The third-order valence-electron chi connectivity index (χ3n) is 5.57. The van der Waals surface area contributed by atoms with Crippen molar-refractivity contribution in [3.05, 3.63) is 88.7 Å². The van der Waals surface area contributed by atoms with Crippen LogP contribution in [-0.4, -0.2) is 16.5 Å². The molecule has 0 saturated heterocycles. The monoisotopic (exact) mass is 395 g/mol. The number of hydrogen-bond donors (Lipinski definition) is 3. The molecule has 4 aromatic rings. The van der Waals surface area contributed by atoms with Gasteiger partial charge in [0, 0.05) is 56.2 Å². The summed E-state index contributed by atoms with van der Waals surface area (Å²) in [5, 5.41) is 6.72. The highest BCUT2D eigenvalue weighted by atomic mass is 14.9. The lowest BCUT2D eigenvalue weighted by molar-refractivity contribution is 0.745. The lowest BCUT2D eigenvalue weighted by Crippen LogP contribution is -2.20. The summed E-state index contributed by atoms with van der Waals surface area (Å²) < 4.78 is 0. The van der Waals surface area contributed by atoms with Crippen LogP contribution in [0.5, 0.6) is 0 Å². The van der Waals surface area contributed by atoms with E-state index < -0.39 is 0 Å². The molecule has 0 atom stereocenters. The standard InChI is InChI=1S/C27H29N3/c1-5-6-16-28-19(3)26-20(4)30-25(27(26)21-12-8-7-9-13-21)17-23-18(2)29-24-15-11-10-14-22(23)24/h7-15,17,28-30H,2-3,5-6,16H2,1,4H3/b23-17+. The minimum atomic E-state index is 0.920. The SMILES string of the molecule is C=C(NCCCC)c1c(C)[nH]c(/C=c2\c(=C)[nH]c3ccccc23)c1-c1ccccc1. The average molecular weight is 396 g/mol. The predicted molar refractivity (Wildman–Crippen MR) is 130 cm³/mol. The summed E-state index contributed by atoms with van der Waals surface area (Å²) in [7, 11) is 0. The van der Waals surface area contributed by atoms with Crippen LogP contribution in [0.1, 0.15) is 36.7 Å². The van der Waals surface area contributed by atoms with Crippen LogP contribution < -0.4 is 15.9 Å². The van der Waals surface area contributed by atoms with E-state index in [1.54, 1.807) is 0 Å². The summed E-state index contributed by atoms with van der Waals surface area (Å²) in [6, 6.07) is 18.9. The van der Waals surface area contributed by atoms with E-state index >= 15 is 0 Å². The fraction of sp³-hybridized carbons (Fsp3) is 0.185. The number of rotatable bonds is 7. The molecule has 0 amide bonds. The molecular formula is C27H29N3. The zero-order valence-electron chi connectivity index (χ0n) is 17.8. The zero-order chi connectivity index (χ0) is 21.1. The first-order valence-corrected chi connectivity index (χ1v) is 10.6. The molecule has 0 spiro atoms. The van der Waals surface area contributed by atoms with Gasteiger partial charge in [0.15, 0.2) is 0 Å². The highest BCUT2D eigenvalue weighted by Gasteiger charge is 2.18. The van der Waals surface area contributed by atoms with E-state index in [4.69, 9.17) is 0 Å².